The van der Waals surface area contributed by atoms with Crippen LogP contribution < -0.4 is 9.64 Å². The summed E-state index contributed by atoms with van der Waals surface area (Å²) in [6.07, 6.45) is 0. The standard InChI is InChI=1S/C11H12ClNO5/c1-18-9-3-2-7(4-8(9)12)13(5-10(14)15)6-11(16)17/h2-4H,5-6H2,1H3,(H,14,15)(H,16,17). The molecular weight excluding hydrogens is 262 g/mol. The molecule has 2 N–H and O–H groups in total. The van der Waals surface area contributed by atoms with E-state index in [1.807, 2.05) is 0 Å². The molecule has 0 aliphatic heterocycles. The Morgan fingerprint density at radius 1 is 1.28 bits per heavy atom. The highest BCUT2D eigenvalue weighted by atomic mass is 35.5. The number of methoxy groups -OCH3 is 1. The average molecular weight is 274 g/mol. The van der Waals surface area contributed by atoms with Crippen molar-refractivity contribution >= 4 is 29.2 Å². The van der Waals surface area contributed by atoms with Gasteiger partial charge in [0.1, 0.15) is 18.8 Å². The molecule has 98 valence electrons. The molecule has 0 aliphatic carbocycles. The average Bonchev–Trinajstić information content (AvgIpc) is 2.26. The van der Waals surface area contributed by atoms with Crippen LogP contribution in [0.3, 0.4) is 0 Å². The van der Waals surface area contributed by atoms with E-state index in [1.165, 1.54) is 18.1 Å². The van der Waals surface area contributed by atoms with E-state index in [1.54, 1.807) is 12.1 Å². The van der Waals surface area contributed by atoms with Crippen LogP contribution in [0.4, 0.5) is 5.69 Å². The van der Waals surface area contributed by atoms with E-state index in [-0.39, 0.29) is 5.02 Å². The maximum Gasteiger partial charge on any atom is 0.323 e. The Hall–Kier alpha value is -1.95. The van der Waals surface area contributed by atoms with E-state index >= 15 is 0 Å². The van der Waals surface area contributed by atoms with Crippen LogP contribution in [-0.4, -0.2) is 42.4 Å². The van der Waals surface area contributed by atoms with Gasteiger partial charge in [-0.1, -0.05) is 11.6 Å². The van der Waals surface area contributed by atoms with Crippen LogP contribution in [0.1, 0.15) is 0 Å². The van der Waals surface area contributed by atoms with Crippen molar-refractivity contribution in [3.05, 3.63) is 23.2 Å². The fraction of sp³-hybridized carbons (Fsp3) is 0.273. The lowest BCUT2D eigenvalue weighted by molar-refractivity contribution is -0.136. The molecule has 0 unspecified atom stereocenters. The van der Waals surface area contributed by atoms with Crippen molar-refractivity contribution in [2.45, 2.75) is 0 Å². The number of hydrogen-bond donors (Lipinski definition) is 2. The van der Waals surface area contributed by atoms with Crippen molar-refractivity contribution in [3.63, 3.8) is 0 Å². The molecule has 0 heterocycles. The Bertz CT molecular complexity index is 447. The molecule has 0 atom stereocenters. The zero-order valence-electron chi connectivity index (χ0n) is 9.59. The molecule has 0 radical (unpaired) electrons. The highest BCUT2D eigenvalue weighted by Crippen LogP contribution is 2.29. The maximum absolute atomic E-state index is 10.7. The second-order valence-electron chi connectivity index (χ2n) is 3.46. The van der Waals surface area contributed by atoms with Crippen LogP contribution in [0.5, 0.6) is 5.75 Å². The number of nitrogens with zero attached hydrogens (tertiary/aromatic N) is 1. The first kappa shape index (κ1) is 14.1. The number of benzene rings is 1. The number of carbonyl (C=O) groups is 2. The maximum atomic E-state index is 10.7. The molecule has 1 aromatic carbocycles. The molecule has 1 aromatic rings. The fourth-order valence-electron chi connectivity index (χ4n) is 1.42. The van der Waals surface area contributed by atoms with Crippen molar-refractivity contribution in [2.75, 3.05) is 25.1 Å². The Kier molecular flexibility index (Phi) is 4.79. The number of halogens is 1. The normalized spacial score (nSPS) is 9.89. The molecule has 0 saturated heterocycles. The molecule has 18 heavy (non-hydrogen) atoms. The van der Waals surface area contributed by atoms with E-state index in [0.717, 1.165) is 0 Å². The van der Waals surface area contributed by atoms with Gasteiger partial charge in [0, 0.05) is 5.69 Å². The molecule has 1 rings (SSSR count). The monoisotopic (exact) mass is 273 g/mol. The summed E-state index contributed by atoms with van der Waals surface area (Å²) in [5, 5.41) is 17.8. The number of aliphatic carboxylic acids is 2. The second-order valence-corrected chi connectivity index (χ2v) is 3.87. The van der Waals surface area contributed by atoms with Gasteiger partial charge in [-0.25, -0.2) is 0 Å². The summed E-state index contributed by atoms with van der Waals surface area (Å²) < 4.78 is 4.96. The van der Waals surface area contributed by atoms with Crippen molar-refractivity contribution < 1.29 is 24.5 Å². The summed E-state index contributed by atoms with van der Waals surface area (Å²) in [5.74, 6) is -1.81. The summed E-state index contributed by atoms with van der Waals surface area (Å²) >= 11 is 5.90. The summed E-state index contributed by atoms with van der Waals surface area (Å²) in [6.45, 7) is -0.843. The van der Waals surface area contributed by atoms with Gasteiger partial charge in [0.2, 0.25) is 0 Å². The number of rotatable bonds is 6. The smallest absolute Gasteiger partial charge is 0.323 e. The third-order valence-electron chi connectivity index (χ3n) is 2.15. The molecule has 7 heteroatoms. The minimum absolute atomic E-state index is 0.288. The van der Waals surface area contributed by atoms with Gasteiger partial charge >= 0.3 is 11.9 Å². The van der Waals surface area contributed by atoms with Gasteiger partial charge in [-0.15, -0.1) is 0 Å². The number of hydrogen-bond acceptors (Lipinski definition) is 4. The molecular formula is C11H12ClNO5. The van der Waals surface area contributed by atoms with Gasteiger partial charge in [-0.05, 0) is 18.2 Å². The minimum Gasteiger partial charge on any atom is -0.495 e. The fourth-order valence-corrected chi connectivity index (χ4v) is 1.67. The molecule has 6 nitrogen and oxygen atoms in total. The second kappa shape index (κ2) is 6.11. The highest BCUT2D eigenvalue weighted by Gasteiger charge is 2.15. The first-order chi connectivity index (χ1) is 8.43. The summed E-state index contributed by atoms with van der Waals surface area (Å²) in [4.78, 5) is 22.6. The Balaban J connectivity index is 3.00. The Morgan fingerprint density at radius 3 is 2.22 bits per heavy atom. The summed E-state index contributed by atoms with van der Waals surface area (Å²) in [5.41, 5.74) is 0.408. The molecule has 0 amide bonds. The van der Waals surface area contributed by atoms with Crippen LogP contribution in [0.25, 0.3) is 0 Å². The molecule has 0 aliphatic rings. The summed E-state index contributed by atoms with van der Waals surface area (Å²) in [7, 11) is 1.45. The molecule has 0 bridgehead atoms. The Morgan fingerprint density at radius 2 is 1.83 bits per heavy atom. The number of carboxylic acids is 2. The number of carboxylic acid groups (broad SMARTS) is 2. The number of anilines is 1. The van der Waals surface area contributed by atoms with E-state index in [0.29, 0.717) is 11.4 Å². The molecule has 0 saturated carbocycles. The van der Waals surface area contributed by atoms with Crippen LogP contribution in [0.2, 0.25) is 5.02 Å². The largest absolute Gasteiger partial charge is 0.495 e. The van der Waals surface area contributed by atoms with E-state index in [9.17, 15) is 9.59 Å². The predicted molar refractivity (Wildman–Crippen MR) is 65.5 cm³/mol. The van der Waals surface area contributed by atoms with Gasteiger partial charge in [0.25, 0.3) is 0 Å². The zero-order valence-corrected chi connectivity index (χ0v) is 10.3. The van der Waals surface area contributed by atoms with Crippen LogP contribution >= 0.6 is 11.6 Å². The first-order valence-electron chi connectivity index (χ1n) is 4.96. The van der Waals surface area contributed by atoms with E-state index in [4.69, 9.17) is 26.6 Å². The lowest BCUT2D eigenvalue weighted by atomic mass is 10.2. The van der Waals surface area contributed by atoms with Gasteiger partial charge in [-0.2, -0.15) is 0 Å². The van der Waals surface area contributed by atoms with Crippen molar-refractivity contribution in [3.8, 4) is 5.75 Å². The van der Waals surface area contributed by atoms with Crippen molar-refractivity contribution in [1.29, 1.82) is 0 Å². The zero-order chi connectivity index (χ0) is 13.7. The molecule has 0 spiro atoms. The summed E-state index contributed by atoms with van der Waals surface area (Å²) in [6, 6.07) is 4.57. The molecule has 0 fully saturated rings. The quantitative estimate of drug-likeness (QED) is 0.813. The van der Waals surface area contributed by atoms with Crippen LogP contribution in [-0.2, 0) is 9.59 Å². The Labute approximate surface area is 108 Å². The van der Waals surface area contributed by atoms with Crippen LogP contribution in [0.15, 0.2) is 18.2 Å². The van der Waals surface area contributed by atoms with Gasteiger partial charge in [-0.3, -0.25) is 9.59 Å². The van der Waals surface area contributed by atoms with E-state index < -0.39 is 25.0 Å². The number of ether oxygens (including phenoxy) is 1. The first-order valence-corrected chi connectivity index (χ1v) is 5.34. The van der Waals surface area contributed by atoms with Crippen molar-refractivity contribution in [1.82, 2.24) is 0 Å². The van der Waals surface area contributed by atoms with Gasteiger partial charge in [0.15, 0.2) is 0 Å². The molecule has 0 aromatic heterocycles. The van der Waals surface area contributed by atoms with Crippen molar-refractivity contribution in [2.24, 2.45) is 0 Å². The lowest BCUT2D eigenvalue weighted by Gasteiger charge is -2.21. The highest BCUT2D eigenvalue weighted by molar-refractivity contribution is 6.32. The van der Waals surface area contributed by atoms with Gasteiger partial charge in [0.05, 0.1) is 12.1 Å². The van der Waals surface area contributed by atoms with Gasteiger partial charge < -0.3 is 19.8 Å². The topological polar surface area (TPSA) is 87.1 Å². The minimum atomic E-state index is -1.12. The SMILES string of the molecule is COc1ccc(N(CC(=O)O)CC(=O)O)cc1Cl. The predicted octanol–water partition coefficient (Wildman–Crippen LogP) is 1.32. The van der Waals surface area contributed by atoms with E-state index in [2.05, 4.69) is 0 Å². The van der Waals surface area contributed by atoms with Crippen LogP contribution in [0, 0.1) is 0 Å². The lowest BCUT2D eigenvalue weighted by Crippen LogP contribution is -2.34. The third kappa shape index (κ3) is 3.81. The third-order valence-corrected chi connectivity index (χ3v) is 2.45.